The van der Waals surface area contributed by atoms with Gasteiger partial charge in [0.1, 0.15) is 6.61 Å². The Morgan fingerprint density at radius 1 is 1.23 bits per heavy atom. The molecule has 2 aromatic carbocycles. The Kier molecular flexibility index (Phi) is 4.34. The average Bonchev–Trinajstić information content (AvgIpc) is 2.54. The van der Waals surface area contributed by atoms with E-state index in [1.807, 2.05) is 43.3 Å². The van der Waals surface area contributed by atoms with E-state index in [4.69, 9.17) is 9.47 Å². The molecule has 5 heteroatoms. The molecule has 0 radical (unpaired) electrons. The van der Waals surface area contributed by atoms with E-state index < -0.39 is 0 Å². The molecule has 0 aliphatic carbocycles. The lowest BCUT2D eigenvalue weighted by Crippen LogP contribution is -2.48. The number of para-hydroxylation sites is 2. The highest BCUT2D eigenvalue weighted by molar-refractivity contribution is 9.10. The average molecular weight is 362 g/mol. The van der Waals surface area contributed by atoms with E-state index in [1.165, 1.54) is 0 Å². The molecule has 1 amide bonds. The van der Waals surface area contributed by atoms with Gasteiger partial charge in [-0.05, 0) is 37.3 Å². The van der Waals surface area contributed by atoms with Crippen LogP contribution in [0.3, 0.4) is 0 Å². The largest absolute Gasteiger partial charge is 0.486 e. The van der Waals surface area contributed by atoms with Gasteiger partial charge >= 0.3 is 0 Å². The summed E-state index contributed by atoms with van der Waals surface area (Å²) in [6.45, 7) is 2.33. The van der Waals surface area contributed by atoms with Crippen LogP contribution in [0.1, 0.15) is 17.3 Å². The number of nitrogens with one attached hydrogen (secondary N) is 1. The van der Waals surface area contributed by atoms with E-state index in [1.54, 1.807) is 12.1 Å². The second kappa shape index (κ2) is 6.40. The number of carbonyl (C=O) groups is 1. The minimum absolute atomic E-state index is 0.128. The Morgan fingerprint density at radius 2 is 2.00 bits per heavy atom. The first kappa shape index (κ1) is 14.9. The molecule has 0 saturated carbocycles. The number of halogens is 1. The number of hydrogen-bond donors (Lipinski definition) is 1. The fourth-order valence-corrected chi connectivity index (χ4v) is 2.69. The number of carbonyl (C=O) groups excluding carboxylic acids is 1. The fraction of sp³-hybridized carbons (Fsp3) is 0.235. The van der Waals surface area contributed by atoms with E-state index in [0.29, 0.717) is 17.9 Å². The summed E-state index contributed by atoms with van der Waals surface area (Å²) >= 11 is 3.37. The third kappa shape index (κ3) is 3.25. The summed E-state index contributed by atoms with van der Waals surface area (Å²) in [4.78, 5) is 12.3. The lowest BCUT2D eigenvalue weighted by Gasteiger charge is -2.30. The smallest absolute Gasteiger partial charge is 0.251 e. The maximum absolute atomic E-state index is 12.3. The Morgan fingerprint density at radius 3 is 2.77 bits per heavy atom. The van der Waals surface area contributed by atoms with Crippen molar-refractivity contribution < 1.29 is 14.3 Å². The molecule has 4 nitrogen and oxygen atoms in total. The lowest BCUT2D eigenvalue weighted by atomic mass is 10.1. The Balaban J connectivity index is 1.65. The highest BCUT2D eigenvalue weighted by Crippen LogP contribution is 2.31. The first-order valence-corrected chi connectivity index (χ1v) is 7.88. The molecule has 0 spiro atoms. The first-order valence-electron chi connectivity index (χ1n) is 7.08. The molecule has 1 aliphatic rings. The molecule has 0 unspecified atom stereocenters. The van der Waals surface area contributed by atoms with E-state index >= 15 is 0 Å². The van der Waals surface area contributed by atoms with Crippen LogP contribution < -0.4 is 14.8 Å². The summed E-state index contributed by atoms with van der Waals surface area (Å²) < 4.78 is 12.5. The first-order chi connectivity index (χ1) is 10.6. The minimum Gasteiger partial charge on any atom is -0.486 e. The van der Waals surface area contributed by atoms with Crippen molar-refractivity contribution in [3.63, 3.8) is 0 Å². The maximum Gasteiger partial charge on any atom is 0.251 e. The van der Waals surface area contributed by atoms with Crippen molar-refractivity contribution in [2.75, 3.05) is 6.61 Å². The molecule has 3 rings (SSSR count). The molecule has 0 fully saturated rings. The molecule has 0 saturated heterocycles. The lowest BCUT2D eigenvalue weighted by molar-refractivity contribution is 0.0606. The van der Waals surface area contributed by atoms with Crippen LogP contribution in [0.4, 0.5) is 0 Å². The van der Waals surface area contributed by atoms with E-state index in [9.17, 15) is 4.79 Å². The van der Waals surface area contributed by atoms with Crippen LogP contribution in [0.5, 0.6) is 11.5 Å². The van der Waals surface area contributed by atoms with E-state index in [2.05, 4.69) is 21.2 Å². The van der Waals surface area contributed by atoms with Crippen molar-refractivity contribution in [3.05, 3.63) is 58.6 Å². The van der Waals surface area contributed by atoms with Gasteiger partial charge in [0.15, 0.2) is 17.6 Å². The zero-order chi connectivity index (χ0) is 15.5. The standard InChI is InChI=1S/C17H16BrNO3/c1-11(19-17(20)12-5-4-6-13(18)9-12)16-10-21-14-7-2-3-8-15(14)22-16/h2-9,11,16H,10H2,1H3,(H,19,20)/t11-,16-/m0/s1. The summed E-state index contributed by atoms with van der Waals surface area (Å²) in [7, 11) is 0. The number of ether oxygens (including phenoxy) is 2. The highest BCUT2D eigenvalue weighted by atomic mass is 79.9. The molecule has 0 bridgehead atoms. The van der Waals surface area contributed by atoms with Crippen LogP contribution in [-0.4, -0.2) is 24.7 Å². The molecule has 1 aliphatic heterocycles. The number of amides is 1. The van der Waals surface area contributed by atoms with Crippen molar-refractivity contribution >= 4 is 21.8 Å². The quantitative estimate of drug-likeness (QED) is 0.911. The Labute approximate surface area is 137 Å². The fourth-order valence-electron chi connectivity index (χ4n) is 2.29. The van der Waals surface area contributed by atoms with E-state index in [0.717, 1.165) is 10.2 Å². The predicted octanol–water partition coefficient (Wildman–Crippen LogP) is 3.41. The molecule has 2 aromatic rings. The van der Waals surface area contributed by atoms with Gasteiger partial charge < -0.3 is 14.8 Å². The van der Waals surface area contributed by atoms with Crippen molar-refractivity contribution in [2.24, 2.45) is 0 Å². The Bertz CT molecular complexity index is 689. The molecular weight excluding hydrogens is 346 g/mol. The maximum atomic E-state index is 12.3. The molecule has 114 valence electrons. The molecule has 22 heavy (non-hydrogen) atoms. The number of fused-ring (bicyclic) bond motifs is 1. The van der Waals surface area contributed by atoms with Gasteiger partial charge in [-0.3, -0.25) is 4.79 Å². The molecule has 1 heterocycles. The summed E-state index contributed by atoms with van der Waals surface area (Å²) in [5.74, 6) is 1.32. The van der Waals surface area contributed by atoms with Crippen LogP contribution >= 0.6 is 15.9 Å². The summed E-state index contributed by atoms with van der Waals surface area (Å²) in [6, 6.07) is 14.7. The highest BCUT2D eigenvalue weighted by Gasteiger charge is 2.27. The minimum atomic E-state index is -0.217. The number of benzene rings is 2. The Hall–Kier alpha value is -2.01. The van der Waals surface area contributed by atoms with Gasteiger partial charge in [0.05, 0.1) is 6.04 Å². The van der Waals surface area contributed by atoms with Gasteiger partial charge in [-0.2, -0.15) is 0 Å². The SMILES string of the molecule is C[C@H](NC(=O)c1cccc(Br)c1)[C@@H]1COc2ccccc2O1. The molecular formula is C17H16BrNO3. The van der Waals surface area contributed by atoms with Crippen LogP contribution in [-0.2, 0) is 0 Å². The third-order valence-electron chi connectivity index (χ3n) is 3.53. The van der Waals surface area contributed by atoms with Gasteiger partial charge in [0.25, 0.3) is 5.91 Å². The predicted molar refractivity (Wildman–Crippen MR) is 87.4 cm³/mol. The number of hydrogen-bond acceptors (Lipinski definition) is 3. The topological polar surface area (TPSA) is 47.6 Å². The van der Waals surface area contributed by atoms with Gasteiger partial charge in [0, 0.05) is 10.0 Å². The van der Waals surface area contributed by atoms with Crippen molar-refractivity contribution in [3.8, 4) is 11.5 Å². The second-order valence-electron chi connectivity index (χ2n) is 5.19. The third-order valence-corrected chi connectivity index (χ3v) is 4.03. The van der Waals surface area contributed by atoms with E-state index in [-0.39, 0.29) is 18.1 Å². The van der Waals surface area contributed by atoms with Crippen molar-refractivity contribution in [2.45, 2.75) is 19.1 Å². The van der Waals surface area contributed by atoms with Gasteiger partial charge in [0.2, 0.25) is 0 Å². The normalized spacial score (nSPS) is 17.6. The summed E-state index contributed by atoms with van der Waals surface area (Å²) in [6.07, 6.45) is -0.217. The van der Waals surface area contributed by atoms with Crippen molar-refractivity contribution in [1.82, 2.24) is 5.32 Å². The van der Waals surface area contributed by atoms with Crippen LogP contribution in [0.25, 0.3) is 0 Å². The second-order valence-corrected chi connectivity index (χ2v) is 6.10. The van der Waals surface area contributed by atoms with Crippen LogP contribution in [0.15, 0.2) is 53.0 Å². The molecule has 2 atom stereocenters. The van der Waals surface area contributed by atoms with Gasteiger partial charge in [-0.25, -0.2) is 0 Å². The van der Waals surface area contributed by atoms with Crippen molar-refractivity contribution in [1.29, 1.82) is 0 Å². The van der Waals surface area contributed by atoms with Crippen LogP contribution in [0.2, 0.25) is 0 Å². The molecule has 1 N–H and O–H groups in total. The van der Waals surface area contributed by atoms with Crippen LogP contribution in [0, 0.1) is 0 Å². The zero-order valence-electron chi connectivity index (χ0n) is 12.1. The molecule has 0 aromatic heterocycles. The zero-order valence-corrected chi connectivity index (χ0v) is 13.7. The van der Waals surface area contributed by atoms with Gasteiger partial charge in [-0.15, -0.1) is 0 Å². The summed E-state index contributed by atoms with van der Waals surface area (Å²) in [5, 5.41) is 2.96. The van der Waals surface area contributed by atoms with Gasteiger partial charge in [-0.1, -0.05) is 34.1 Å². The summed E-state index contributed by atoms with van der Waals surface area (Å²) in [5.41, 5.74) is 0.610. The number of rotatable bonds is 3. The monoisotopic (exact) mass is 361 g/mol.